The van der Waals surface area contributed by atoms with Crippen LogP contribution in [0.2, 0.25) is 0 Å². The Balaban J connectivity index is 0.000000315. The van der Waals surface area contributed by atoms with Crippen molar-refractivity contribution >= 4 is 11.9 Å². The van der Waals surface area contributed by atoms with E-state index in [-0.39, 0.29) is 0 Å². The third-order valence-corrected chi connectivity index (χ3v) is 3.41. The molecule has 1 heterocycles. The molecule has 1 aromatic rings. The van der Waals surface area contributed by atoms with Crippen molar-refractivity contribution in [1.29, 1.82) is 0 Å². The molecule has 0 aliphatic carbocycles. The molecule has 0 aromatic heterocycles. The van der Waals surface area contributed by atoms with Gasteiger partial charge in [-0.1, -0.05) is 42.7 Å². The summed E-state index contributed by atoms with van der Waals surface area (Å²) in [5.41, 5.74) is 2.82. The van der Waals surface area contributed by atoms with E-state index < -0.39 is 11.9 Å². The predicted molar refractivity (Wildman–Crippen MR) is 80.2 cm³/mol. The minimum atomic E-state index is -1.82. The molecular formula is C16H23NO4. The quantitative estimate of drug-likeness (QED) is 0.819. The summed E-state index contributed by atoms with van der Waals surface area (Å²) < 4.78 is 0. The van der Waals surface area contributed by atoms with Crippen LogP contribution in [0.3, 0.4) is 0 Å². The maximum Gasteiger partial charge on any atom is 0.414 e. The number of benzene rings is 1. The Morgan fingerprint density at radius 1 is 0.952 bits per heavy atom. The first-order chi connectivity index (χ1) is 9.99. The van der Waals surface area contributed by atoms with Crippen molar-refractivity contribution in [2.24, 2.45) is 0 Å². The lowest BCUT2D eigenvalue weighted by atomic mass is 10.1. The number of aryl methyl sites for hydroxylation is 1. The number of rotatable bonds is 2. The van der Waals surface area contributed by atoms with Crippen LogP contribution >= 0.6 is 0 Å². The first kappa shape index (κ1) is 17.2. The molecular weight excluding hydrogens is 270 g/mol. The average Bonchev–Trinajstić information content (AvgIpc) is 2.70. The van der Waals surface area contributed by atoms with Gasteiger partial charge >= 0.3 is 11.9 Å². The van der Waals surface area contributed by atoms with E-state index in [1.807, 2.05) is 0 Å². The molecule has 116 valence electrons. The fraction of sp³-hybridized carbons (Fsp3) is 0.500. The van der Waals surface area contributed by atoms with Crippen LogP contribution in [0.4, 0.5) is 0 Å². The van der Waals surface area contributed by atoms with Gasteiger partial charge in [0.2, 0.25) is 0 Å². The highest BCUT2D eigenvalue weighted by atomic mass is 16.4. The third-order valence-electron chi connectivity index (χ3n) is 3.41. The highest BCUT2D eigenvalue weighted by Gasteiger charge is 2.08. The van der Waals surface area contributed by atoms with Crippen LogP contribution in [-0.2, 0) is 16.1 Å². The van der Waals surface area contributed by atoms with Crippen molar-refractivity contribution in [3.05, 3.63) is 35.4 Å². The first-order valence-electron chi connectivity index (χ1n) is 7.23. The SMILES string of the molecule is Cc1ccc(CN2CCCCCC2)cc1.O=C(O)C(=O)O. The van der Waals surface area contributed by atoms with E-state index >= 15 is 0 Å². The predicted octanol–water partition coefficient (Wildman–Crippen LogP) is 2.53. The van der Waals surface area contributed by atoms with Crippen molar-refractivity contribution in [2.75, 3.05) is 13.1 Å². The van der Waals surface area contributed by atoms with Gasteiger partial charge in [0.15, 0.2) is 0 Å². The van der Waals surface area contributed by atoms with Gasteiger partial charge in [0.1, 0.15) is 0 Å². The Morgan fingerprint density at radius 2 is 1.43 bits per heavy atom. The van der Waals surface area contributed by atoms with Gasteiger partial charge in [0.25, 0.3) is 0 Å². The van der Waals surface area contributed by atoms with E-state index in [1.54, 1.807) is 0 Å². The lowest BCUT2D eigenvalue weighted by Gasteiger charge is -2.19. The van der Waals surface area contributed by atoms with Gasteiger partial charge in [0, 0.05) is 6.54 Å². The van der Waals surface area contributed by atoms with Gasteiger partial charge in [0.05, 0.1) is 0 Å². The summed E-state index contributed by atoms with van der Waals surface area (Å²) in [5.74, 6) is -3.65. The summed E-state index contributed by atoms with van der Waals surface area (Å²) in [6.07, 6.45) is 5.60. The second-order valence-electron chi connectivity index (χ2n) is 5.29. The second-order valence-corrected chi connectivity index (χ2v) is 5.29. The minimum absolute atomic E-state index is 1.14. The number of nitrogens with zero attached hydrogens (tertiary/aromatic N) is 1. The zero-order valence-corrected chi connectivity index (χ0v) is 12.4. The summed E-state index contributed by atoms with van der Waals surface area (Å²) >= 11 is 0. The van der Waals surface area contributed by atoms with Gasteiger partial charge in [-0.25, -0.2) is 9.59 Å². The molecule has 0 amide bonds. The van der Waals surface area contributed by atoms with Crippen LogP contribution in [0.25, 0.3) is 0 Å². The Labute approximate surface area is 125 Å². The molecule has 1 aromatic carbocycles. The standard InChI is InChI=1S/C14H21N.C2H2O4/c1-13-6-8-14(9-7-13)12-15-10-4-2-3-5-11-15;3-1(4)2(5)6/h6-9H,2-5,10-12H2,1H3;(H,3,4)(H,5,6). The van der Waals surface area contributed by atoms with Gasteiger partial charge in [-0.15, -0.1) is 0 Å². The molecule has 21 heavy (non-hydrogen) atoms. The first-order valence-corrected chi connectivity index (χ1v) is 7.23. The molecule has 5 heteroatoms. The number of carboxylic acid groups (broad SMARTS) is 2. The van der Waals surface area contributed by atoms with Gasteiger partial charge < -0.3 is 10.2 Å². The Bertz CT molecular complexity index is 436. The summed E-state index contributed by atoms with van der Waals surface area (Å²) in [5, 5.41) is 14.8. The molecule has 0 atom stereocenters. The molecule has 1 aliphatic heterocycles. The van der Waals surface area contributed by atoms with Crippen LogP contribution in [0, 0.1) is 6.92 Å². The van der Waals surface area contributed by atoms with E-state index in [2.05, 4.69) is 36.1 Å². The fourth-order valence-corrected chi connectivity index (χ4v) is 2.25. The average molecular weight is 293 g/mol. The Hall–Kier alpha value is -1.88. The molecule has 1 aliphatic rings. The van der Waals surface area contributed by atoms with E-state index in [0.717, 1.165) is 6.54 Å². The van der Waals surface area contributed by atoms with Crippen LogP contribution in [-0.4, -0.2) is 40.1 Å². The molecule has 5 nitrogen and oxygen atoms in total. The number of aliphatic carboxylic acids is 2. The van der Waals surface area contributed by atoms with Crippen LogP contribution in [0.1, 0.15) is 36.8 Å². The smallest absolute Gasteiger partial charge is 0.414 e. The summed E-state index contributed by atoms with van der Waals surface area (Å²) in [7, 11) is 0. The van der Waals surface area contributed by atoms with E-state index in [0.29, 0.717) is 0 Å². The molecule has 0 saturated carbocycles. The van der Waals surface area contributed by atoms with Gasteiger partial charge in [-0.2, -0.15) is 0 Å². The lowest BCUT2D eigenvalue weighted by molar-refractivity contribution is -0.159. The maximum absolute atomic E-state index is 9.10. The van der Waals surface area contributed by atoms with Crippen LogP contribution in [0.5, 0.6) is 0 Å². The maximum atomic E-state index is 9.10. The second kappa shape index (κ2) is 9.13. The zero-order chi connectivity index (χ0) is 15.7. The number of hydrogen-bond acceptors (Lipinski definition) is 3. The molecule has 1 saturated heterocycles. The van der Waals surface area contributed by atoms with E-state index in [4.69, 9.17) is 19.8 Å². The summed E-state index contributed by atoms with van der Waals surface area (Å²) in [6.45, 7) is 5.86. The van der Waals surface area contributed by atoms with Crippen molar-refractivity contribution in [1.82, 2.24) is 4.90 Å². The van der Waals surface area contributed by atoms with E-state index in [1.165, 1.54) is 49.9 Å². The van der Waals surface area contributed by atoms with Crippen LogP contribution < -0.4 is 0 Å². The summed E-state index contributed by atoms with van der Waals surface area (Å²) in [4.78, 5) is 20.8. The molecule has 0 spiro atoms. The van der Waals surface area contributed by atoms with Crippen molar-refractivity contribution in [2.45, 2.75) is 39.2 Å². The zero-order valence-electron chi connectivity index (χ0n) is 12.4. The van der Waals surface area contributed by atoms with E-state index in [9.17, 15) is 0 Å². The molecule has 0 unspecified atom stereocenters. The van der Waals surface area contributed by atoms with Crippen molar-refractivity contribution < 1.29 is 19.8 Å². The molecule has 0 bridgehead atoms. The molecule has 2 N–H and O–H groups in total. The largest absolute Gasteiger partial charge is 0.473 e. The number of hydrogen-bond donors (Lipinski definition) is 2. The molecule has 0 radical (unpaired) electrons. The normalized spacial score (nSPS) is 15.5. The van der Waals surface area contributed by atoms with Gasteiger partial charge in [-0.3, -0.25) is 4.90 Å². The monoisotopic (exact) mass is 293 g/mol. The van der Waals surface area contributed by atoms with Crippen molar-refractivity contribution in [3.8, 4) is 0 Å². The Kier molecular flexibility index (Phi) is 7.46. The fourth-order valence-electron chi connectivity index (χ4n) is 2.25. The highest BCUT2D eigenvalue weighted by Crippen LogP contribution is 2.13. The third kappa shape index (κ3) is 7.46. The lowest BCUT2D eigenvalue weighted by Crippen LogP contribution is -2.23. The molecule has 1 fully saturated rings. The summed E-state index contributed by atoms with van der Waals surface area (Å²) in [6, 6.07) is 8.96. The van der Waals surface area contributed by atoms with Crippen molar-refractivity contribution in [3.63, 3.8) is 0 Å². The molecule has 2 rings (SSSR count). The number of carbonyl (C=O) groups is 2. The number of carboxylic acids is 2. The minimum Gasteiger partial charge on any atom is -0.473 e. The topological polar surface area (TPSA) is 77.8 Å². The highest BCUT2D eigenvalue weighted by molar-refractivity contribution is 6.27. The van der Waals surface area contributed by atoms with Crippen LogP contribution in [0.15, 0.2) is 24.3 Å². The Morgan fingerprint density at radius 3 is 1.86 bits per heavy atom. The number of likely N-dealkylation sites (tertiary alicyclic amines) is 1. The van der Waals surface area contributed by atoms with Gasteiger partial charge in [-0.05, 0) is 38.4 Å².